The van der Waals surface area contributed by atoms with Gasteiger partial charge in [0.2, 0.25) is 0 Å². The van der Waals surface area contributed by atoms with E-state index in [-0.39, 0.29) is 13.2 Å². The number of nitrogens with zero attached hydrogens (tertiary/aromatic N) is 2. The zero-order valence-electron chi connectivity index (χ0n) is 13.0. The third kappa shape index (κ3) is 5.46. The van der Waals surface area contributed by atoms with Crippen molar-refractivity contribution < 1.29 is 19.1 Å². The Labute approximate surface area is 138 Å². The Bertz CT molecular complexity index is 731. The summed E-state index contributed by atoms with van der Waals surface area (Å²) in [6, 6.07) is 8.16. The van der Waals surface area contributed by atoms with Gasteiger partial charge in [-0.15, -0.1) is 11.3 Å². The van der Waals surface area contributed by atoms with Crippen LogP contribution in [0.1, 0.15) is 11.1 Å². The van der Waals surface area contributed by atoms with Crippen LogP contribution in [0.15, 0.2) is 40.8 Å². The molecule has 0 atom stereocenters. The third-order valence-electron chi connectivity index (χ3n) is 2.97. The summed E-state index contributed by atoms with van der Waals surface area (Å²) >= 11 is 1.36. The fraction of sp³-hybridized carbons (Fsp3) is 0.312. The van der Waals surface area contributed by atoms with Crippen LogP contribution in [0.4, 0.5) is 0 Å². The summed E-state index contributed by atoms with van der Waals surface area (Å²) < 4.78 is 11.2. The standard InChI is InChI=1S/C16H18N2O4S/c1-12-3-5-13(6-4-12)9-18-7-8-23-16(18)17-14(19)10-22-15(20)11-21-2/h3-8H,9-11H2,1-2H3. The number of rotatable bonds is 6. The van der Waals surface area contributed by atoms with Crippen molar-refractivity contribution in [2.24, 2.45) is 4.99 Å². The van der Waals surface area contributed by atoms with Crippen molar-refractivity contribution in [2.75, 3.05) is 20.3 Å². The maximum Gasteiger partial charge on any atom is 0.332 e. The Kier molecular flexibility index (Phi) is 6.25. The molecule has 2 aromatic rings. The van der Waals surface area contributed by atoms with Crippen LogP contribution in [-0.4, -0.2) is 36.8 Å². The van der Waals surface area contributed by atoms with Gasteiger partial charge < -0.3 is 14.0 Å². The van der Waals surface area contributed by atoms with Gasteiger partial charge in [0.05, 0.1) is 0 Å². The van der Waals surface area contributed by atoms with Gasteiger partial charge in [0.25, 0.3) is 5.91 Å². The van der Waals surface area contributed by atoms with Crippen molar-refractivity contribution in [3.8, 4) is 0 Å². The molecular formula is C16H18N2O4S. The number of thiazole rings is 1. The number of benzene rings is 1. The molecule has 0 saturated carbocycles. The number of hydrogen-bond acceptors (Lipinski definition) is 5. The van der Waals surface area contributed by atoms with Crippen LogP contribution >= 0.6 is 11.3 Å². The normalized spacial score (nSPS) is 11.5. The Morgan fingerprint density at radius 1 is 1.22 bits per heavy atom. The van der Waals surface area contributed by atoms with Crippen LogP contribution in [0.5, 0.6) is 0 Å². The molecule has 1 amide bonds. The molecule has 0 saturated heterocycles. The molecule has 0 N–H and O–H groups in total. The predicted molar refractivity (Wildman–Crippen MR) is 86.0 cm³/mol. The predicted octanol–water partition coefficient (Wildman–Crippen LogP) is 1.52. The average Bonchev–Trinajstić information content (AvgIpc) is 2.95. The lowest BCUT2D eigenvalue weighted by Crippen LogP contribution is -2.21. The molecule has 0 bridgehead atoms. The second-order valence-electron chi connectivity index (χ2n) is 4.90. The Balaban J connectivity index is 2.03. The van der Waals surface area contributed by atoms with E-state index in [1.165, 1.54) is 24.0 Å². The topological polar surface area (TPSA) is 69.9 Å². The molecule has 1 aromatic carbocycles. The highest BCUT2D eigenvalue weighted by molar-refractivity contribution is 7.07. The number of carbonyl (C=O) groups is 2. The molecule has 0 fully saturated rings. The summed E-state index contributed by atoms with van der Waals surface area (Å²) in [5, 5.41) is 1.86. The first-order chi connectivity index (χ1) is 11.1. The molecule has 23 heavy (non-hydrogen) atoms. The molecule has 0 aliphatic rings. The molecule has 2 rings (SSSR count). The summed E-state index contributed by atoms with van der Waals surface area (Å²) in [6.45, 7) is 2.09. The Hall–Kier alpha value is -2.25. The van der Waals surface area contributed by atoms with Crippen molar-refractivity contribution in [1.29, 1.82) is 0 Å². The van der Waals surface area contributed by atoms with Crippen LogP contribution in [-0.2, 0) is 25.6 Å². The first-order valence-electron chi connectivity index (χ1n) is 7.00. The number of methoxy groups -OCH3 is 1. The molecule has 122 valence electrons. The molecule has 1 heterocycles. The summed E-state index contributed by atoms with van der Waals surface area (Å²) in [5.74, 6) is -1.09. The molecule has 0 aliphatic carbocycles. The second kappa shape index (κ2) is 8.40. The maximum atomic E-state index is 11.8. The fourth-order valence-corrected chi connectivity index (χ4v) is 2.58. The zero-order valence-corrected chi connectivity index (χ0v) is 13.8. The van der Waals surface area contributed by atoms with E-state index < -0.39 is 11.9 Å². The SMILES string of the molecule is COCC(=O)OCC(=O)N=c1sccn1Cc1ccc(C)cc1. The highest BCUT2D eigenvalue weighted by atomic mass is 32.1. The minimum atomic E-state index is -0.588. The minimum Gasteiger partial charge on any atom is -0.454 e. The number of aromatic nitrogens is 1. The van der Waals surface area contributed by atoms with E-state index >= 15 is 0 Å². The third-order valence-corrected chi connectivity index (χ3v) is 3.77. The number of ether oxygens (including phenoxy) is 2. The van der Waals surface area contributed by atoms with Crippen molar-refractivity contribution >= 4 is 23.2 Å². The van der Waals surface area contributed by atoms with E-state index in [0.717, 1.165) is 5.56 Å². The number of carbonyl (C=O) groups excluding carboxylic acids is 2. The first kappa shape index (κ1) is 17.1. The Morgan fingerprint density at radius 2 is 1.96 bits per heavy atom. The lowest BCUT2D eigenvalue weighted by molar-refractivity contribution is -0.151. The van der Waals surface area contributed by atoms with Gasteiger partial charge in [-0.05, 0) is 12.5 Å². The van der Waals surface area contributed by atoms with Crippen molar-refractivity contribution in [3.05, 3.63) is 51.8 Å². The number of esters is 1. The smallest absolute Gasteiger partial charge is 0.332 e. The second-order valence-corrected chi connectivity index (χ2v) is 5.77. The van der Waals surface area contributed by atoms with Gasteiger partial charge in [0.15, 0.2) is 11.4 Å². The lowest BCUT2D eigenvalue weighted by Gasteiger charge is -2.04. The zero-order chi connectivity index (χ0) is 16.7. The van der Waals surface area contributed by atoms with Gasteiger partial charge in [-0.25, -0.2) is 4.79 Å². The quantitative estimate of drug-likeness (QED) is 0.751. The van der Waals surface area contributed by atoms with E-state index in [1.54, 1.807) is 0 Å². The number of hydrogen-bond donors (Lipinski definition) is 0. The molecule has 1 aromatic heterocycles. The molecule has 0 spiro atoms. The molecule has 0 unspecified atom stereocenters. The van der Waals surface area contributed by atoms with E-state index in [9.17, 15) is 9.59 Å². The Morgan fingerprint density at radius 3 is 2.65 bits per heavy atom. The summed E-state index contributed by atoms with van der Waals surface area (Å²) in [5.41, 5.74) is 2.32. The monoisotopic (exact) mass is 334 g/mol. The molecule has 6 nitrogen and oxygen atoms in total. The fourth-order valence-electron chi connectivity index (χ4n) is 1.84. The van der Waals surface area contributed by atoms with Crippen LogP contribution in [0.3, 0.4) is 0 Å². The van der Waals surface area contributed by atoms with Crippen molar-refractivity contribution in [2.45, 2.75) is 13.5 Å². The first-order valence-corrected chi connectivity index (χ1v) is 7.88. The maximum absolute atomic E-state index is 11.8. The largest absolute Gasteiger partial charge is 0.454 e. The van der Waals surface area contributed by atoms with Gasteiger partial charge >= 0.3 is 5.97 Å². The highest BCUT2D eigenvalue weighted by Crippen LogP contribution is 2.05. The van der Waals surface area contributed by atoms with Crippen LogP contribution < -0.4 is 4.80 Å². The van der Waals surface area contributed by atoms with E-state index in [4.69, 9.17) is 4.74 Å². The van der Waals surface area contributed by atoms with Crippen LogP contribution in [0, 0.1) is 6.92 Å². The molecule has 7 heteroatoms. The van der Waals surface area contributed by atoms with E-state index in [0.29, 0.717) is 11.3 Å². The summed E-state index contributed by atoms with van der Waals surface area (Å²) in [7, 11) is 1.38. The van der Waals surface area contributed by atoms with Gasteiger partial charge in [0, 0.05) is 25.2 Å². The lowest BCUT2D eigenvalue weighted by atomic mass is 10.1. The highest BCUT2D eigenvalue weighted by Gasteiger charge is 2.07. The molecular weight excluding hydrogens is 316 g/mol. The molecule has 0 aliphatic heterocycles. The van der Waals surface area contributed by atoms with Crippen LogP contribution in [0.2, 0.25) is 0 Å². The van der Waals surface area contributed by atoms with E-state index in [2.05, 4.69) is 9.73 Å². The van der Waals surface area contributed by atoms with E-state index in [1.807, 2.05) is 47.3 Å². The van der Waals surface area contributed by atoms with Gasteiger partial charge in [-0.3, -0.25) is 4.79 Å². The number of aryl methyl sites for hydroxylation is 1. The van der Waals surface area contributed by atoms with Gasteiger partial charge in [0.1, 0.15) is 6.61 Å². The van der Waals surface area contributed by atoms with Crippen molar-refractivity contribution in [1.82, 2.24) is 4.57 Å². The van der Waals surface area contributed by atoms with Gasteiger partial charge in [-0.2, -0.15) is 4.99 Å². The van der Waals surface area contributed by atoms with Crippen LogP contribution in [0.25, 0.3) is 0 Å². The minimum absolute atomic E-state index is 0.181. The van der Waals surface area contributed by atoms with Gasteiger partial charge in [-0.1, -0.05) is 29.8 Å². The average molecular weight is 334 g/mol. The molecule has 0 radical (unpaired) electrons. The summed E-state index contributed by atoms with van der Waals surface area (Å²) in [6.07, 6.45) is 1.87. The summed E-state index contributed by atoms with van der Waals surface area (Å²) in [4.78, 5) is 27.5. The van der Waals surface area contributed by atoms with Crippen molar-refractivity contribution in [3.63, 3.8) is 0 Å². The number of amides is 1.